The molecule has 1 aliphatic heterocycles. The first kappa shape index (κ1) is 14.4. The summed E-state index contributed by atoms with van der Waals surface area (Å²) < 4.78 is 5.16. The van der Waals surface area contributed by atoms with Crippen molar-refractivity contribution in [3.05, 3.63) is 30.1 Å². The Morgan fingerprint density at radius 2 is 2.21 bits per heavy atom. The zero-order valence-corrected chi connectivity index (χ0v) is 12.1. The first-order valence-electron chi connectivity index (χ1n) is 7.15. The normalized spacial score (nSPS) is 21.7. The molecule has 0 aromatic carbocycles. The smallest absolute Gasteiger partial charge is 0.0589 e. The van der Waals surface area contributed by atoms with E-state index in [9.17, 15) is 0 Å². The van der Waals surface area contributed by atoms with Crippen LogP contribution < -0.4 is 0 Å². The number of rotatable bonds is 6. The van der Waals surface area contributed by atoms with Crippen LogP contribution in [0, 0.1) is 0 Å². The van der Waals surface area contributed by atoms with Gasteiger partial charge in [0.25, 0.3) is 0 Å². The van der Waals surface area contributed by atoms with Crippen LogP contribution in [-0.2, 0) is 11.2 Å². The van der Waals surface area contributed by atoms with Crippen molar-refractivity contribution in [1.29, 1.82) is 0 Å². The molecule has 1 aromatic rings. The molecule has 0 spiro atoms. The van der Waals surface area contributed by atoms with Crippen LogP contribution in [0.15, 0.2) is 24.4 Å². The van der Waals surface area contributed by atoms with Crippen LogP contribution in [-0.4, -0.2) is 67.3 Å². The third-order valence-corrected chi connectivity index (χ3v) is 3.84. The van der Waals surface area contributed by atoms with Crippen LogP contribution in [0.5, 0.6) is 0 Å². The Kier molecular flexibility index (Phi) is 5.76. The molecule has 0 amide bonds. The third kappa shape index (κ3) is 4.56. The molecule has 2 heterocycles. The largest absolute Gasteiger partial charge is 0.383 e. The maximum Gasteiger partial charge on any atom is 0.0589 e. The Labute approximate surface area is 116 Å². The topological polar surface area (TPSA) is 28.6 Å². The van der Waals surface area contributed by atoms with Gasteiger partial charge in [-0.2, -0.15) is 0 Å². The van der Waals surface area contributed by atoms with Crippen LogP contribution >= 0.6 is 0 Å². The number of hydrogen-bond acceptors (Lipinski definition) is 4. The quantitative estimate of drug-likeness (QED) is 0.773. The second-order valence-electron chi connectivity index (χ2n) is 5.25. The first-order valence-corrected chi connectivity index (χ1v) is 7.15. The summed E-state index contributed by atoms with van der Waals surface area (Å²) >= 11 is 0. The molecule has 0 radical (unpaired) electrons. The molecular weight excluding hydrogens is 238 g/mol. The minimum Gasteiger partial charge on any atom is -0.383 e. The molecule has 4 heteroatoms. The van der Waals surface area contributed by atoms with Crippen LogP contribution in [0.4, 0.5) is 0 Å². The molecule has 0 bridgehead atoms. The highest BCUT2D eigenvalue weighted by atomic mass is 16.5. The van der Waals surface area contributed by atoms with Crippen molar-refractivity contribution < 1.29 is 4.74 Å². The maximum atomic E-state index is 5.16. The molecular formula is C15H25N3O. The fourth-order valence-corrected chi connectivity index (χ4v) is 2.63. The average molecular weight is 263 g/mol. The predicted molar refractivity (Wildman–Crippen MR) is 77.3 cm³/mol. The molecule has 1 fully saturated rings. The first-order chi connectivity index (χ1) is 9.29. The van der Waals surface area contributed by atoms with Gasteiger partial charge in [0.2, 0.25) is 0 Å². The number of hydrogen-bond donors (Lipinski definition) is 0. The van der Waals surface area contributed by atoms with E-state index in [0.29, 0.717) is 6.04 Å². The molecule has 1 aliphatic rings. The standard InChI is InChI=1S/C15H25N3O/c1-14-13-17(9-10-18(14)11-12-19-2)8-6-15-5-3-4-7-16-15/h3-5,7,14H,6,8-13H2,1-2H3/t14-/m1/s1. The van der Waals surface area contributed by atoms with E-state index in [1.165, 1.54) is 5.69 Å². The van der Waals surface area contributed by atoms with E-state index >= 15 is 0 Å². The van der Waals surface area contributed by atoms with E-state index < -0.39 is 0 Å². The van der Waals surface area contributed by atoms with Crippen molar-refractivity contribution in [2.24, 2.45) is 0 Å². The van der Waals surface area contributed by atoms with Crippen LogP contribution in [0.2, 0.25) is 0 Å². The van der Waals surface area contributed by atoms with Gasteiger partial charge >= 0.3 is 0 Å². The van der Waals surface area contributed by atoms with E-state index in [0.717, 1.165) is 45.8 Å². The number of ether oxygens (including phenoxy) is 1. The summed E-state index contributed by atoms with van der Waals surface area (Å²) in [5.41, 5.74) is 1.19. The maximum absolute atomic E-state index is 5.16. The molecule has 2 rings (SSSR count). The van der Waals surface area contributed by atoms with Gasteiger partial charge in [0, 0.05) is 64.2 Å². The molecule has 0 unspecified atom stereocenters. The summed E-state index contributed by atoms with van der Waals surface area (Å²) in [7, 11) is 1.77. The monoisotopic (exact) mass is 263 g/mol. The van der Waals surface area contributed by atoms with Gasteiger partial charge in [-0.05, 0) is 19.1 Å². The summed E-state index contributed by atoms with van der Waals surface area (Å²) in [5.74, 6) is 0. The van der Waals surface area contributed by atoms with Crippen molar-refractivity contribution in [2.45, 2.75) is 19.4 Å². The van der Waals surface area contributed by atoms with Gasteiger partial charge in [-0.15, -0.1) is 0 Å². The van der Waals surface area contributed by atoms with Gasteiger partial charge in [0.1, 0.15) is 0 Å². The molecule has 0 aliphatic carbocycles. The number of methoxy groups -OCH3 is 1. The second-order valence-corrected chi connectivity index (χ2v) is 5.25. The lowest BCUT2D eigenvalue weighted by Crippen LogP contribution is -2.52. The molecule has 4 nitrogen and oxygen atoms in total. The van der Waals surface area contributed by atoms with E-state index in [4.69, 9.17) is 4.74 Å². The highest BCUT2D eigenvalue weighted by Gasteiger charge is 2.22. The van der Waals surface area contributed by atoms with Crippen molar-refractivity contribution >= 4 is 0 Å². The lowest BCUT2D eigenvalue weighted by atomic mass is 10.1. The van der Waals surface area contributed by atoms with E-state index in [2.05, 4.69) is 33.8 Å². The van der Waals surface area contributed by atoms with Crippen molar-refractivity contribution in [2.75, 3.05) is 46.4 Å². The molecule has 0 saturated carbocycles. The Bertz CT molecular complexity index is 358. The number of piperazine rings is 1. The minimum absolute atomic E-state index is 0.618. The molecule has 1 atom stereocenters. The van der Waals surface area contributed by atoms with Gasteiger partial charge in [-0.1, -0.05) is 6.07 Å². The fraction of sp³-hybridized carbons (Fsp3) is 0.667. The van der Waals surface area contributed by atoms with E-state index in [1.807, 2.05) is 12.3 Å². The van der Waals surface area contributed by atoms with Gasteiger partial charge in [0.05, 0.1) is 6.61 Å². The molecule has 19 heavy (non-hydrogen) atoms. The summed E-state index contributed by atoms with van der Waals surface area (Å²) in [6, 6.07) is 6.76. The summed E-state index contributed by atoms with van der Waals surface area (Å²) in [6.45, 7) is 8.75. The fourth-order valence-electron chi connectivity index (χ4n) is 2.63. The second kappa shape index (κ2) is 7.58. The zero-order valence-electron chi connectivity index (χ0n) is 12.1. The lowest BCUT2D eigenvalue weighted by molar-refractivity contribution is 0.0595. The molecule has 0 N–H and O–H groups in total. The van der Waals surface area contributed by atoms with Gasteiger partial charge < -0.3 is 9.64 Å². The van der Waals surface area contributed by atoms with Gasteiger partial charge in [0.15, 0.2) is 0 Å². The molecule has 1 saturated heterocycles. The highest BCUT2D eigenvalue weighted by molar-refractivity contribution is 5.03. The van der Waals surface area contributed by atoms with E-state index in [1.54, 1.807) is 7.11 Å². The summed E-state index contributed by atoms with van der Waals surface area (Å²) in [5, 5.41) is 0. The lowest BCUT2D eigenvalue weighted by Gasteiger charge is -2.39. The Balaban J connectivity index is 1.73. The van der Waals surface area contributed by atoms with Crippen molar-refractivity contribution in [3.8, 4) is 0 Å². The number of aromatic nitrogens is 1. The van der Waals surface area contributed by atoms with Crippen LogP contribution in [0.3, 0.4) is 0 Å². The zero-order chi connectivity index (χ0) is 13.5. The van der Waals surface area contributed by atoms with Crippen molar-refractivity contribution in [3.63, 3.8) is 0 Å². The van der Waals surface area contributed by atoms with Gasteiger partial charge in [-0.25, -0.2) is 0 Å². The summed E-state index contributed by atoms with van der Waals surface area (Å²) in [4.78, 5) is 9.44. The van der Waals surface area contributed by atoms with Crippen LogP contribution in [0.1, 0.15) is 12.6 Å². The van der Waals surface area contributed by atoms with Crippen LogP contribution in [0.25, 0.3) is 0 Å². The van der Waals surface area contributed by atoms with Gasteiger partial charge in [-0.3, -0.25) is 9.88 Å². The molecule has 106 valence electrons. The number of pyridine rings is 1. The third-order valence-electron chi connectivity index (χ3n) is 3.84. The van der Waals surface area contributed by atoms with E-state index in [-0.39, 0.29) is 0 Å². The average Bonchev–Trinajstić information content (AvgIpc) is 2.45. The minimum atomic E-state index is 0.618. The Morgan fingerprint density at radius 3 is 2.89 bits per heavy atom. The Hall–Kier alpha value is -0.970. The SMILES string of the molecule is COCCN1CCN(CCc2ccccn2)C[C@H]1C. The number of nitrogens with zero attached hydrogens (tertiary/aromatic N) is 3. The van der Waals surface area contributed by atoms with Crippen molar-refractivity contribution in [1.82, 2.24) is 14.8 Å². The Morgan fingerprint density at radius 1 is 1.32 bits per heavy atom. The predicted octanol–water partition coefficient (Wildman–Crippen LogP) is 1.28. The highest BCUT2D eigenvalue weighted by Crippen LogP contribution is 2.09. The summed E-state index contributed by atoms with van der Waals surface area (Å²) in [6.07, 6.45) is 2.92. The molecule has 1 aromatic heterocycles.